The quantitative estimate of drug-likeness (QED) is 0.758. The van der Waals surface area contributed by atoms with Crippen LogP contribution in [0.4, 0.5) is 0 Å². The van der Waals surface area contributed by atoms with E-state index in [-0.39, 0.29) is 11.8 Å². The van der Waals surface area contributed by atoms with Crippen LogP contribution in [0.25, 0.3) is 0 Å². The smallest absolute Gasteiger partial charge is 0.266 e. The second kappa shape index (κ2) is 5.23. The molecule has 0 bridgehead atoms. The van der Waals surface area contributed by atoms with E-state index in [9.17, 15) is 4.79 Å². The summed E-state index contributed by atoms with van der Waals surface area (Å²) >= 11 is 0. The van der Waals surface area contributed by atoms with Crippen LogP contribution in [0.1, 0.15) is 18.4 Å². The van der Waals surface area contributed by atoms with Crippen LogP contribution in [0.3, 0.4) is 0 Å². The number of ether oxygens (including phenoxy) is 2. The topological polar surface area (TPSA) is 53.4 Å². The number of hydrogen-bond donors (Lipinski definition) is 0. The standard InChI is InChI=1S/C11H16N2O3/c1-9-7-10(14)13(12-8-9)4-3-11-15-5-2-6-16-11/h7-8,11H,2-6H2,1H3. The Balaban J connectivity index is 1.91. The van der Waals surface area contributed by atoms with Crippen LogP contribution in [0.5, 0.6) is 0 Å². The van der Waals surface area contributed by atoms with Crippen LogP contribution in [-0.4, -0.2) is 29.3 Å². The maximum absolute atomic E-state index is 11.5. The fourth-order valence-corrected chi connectivity index (χ4v) is 1.62. The molecule has 1 aliphatic rings. The van der Waals surface area contributed by atoms with Crippen LogP contribution in [0.2, 0.25) is 0 Å². The first-order valence-electron chi connectivity index (χ1n) is 5.53. The molecule has 0 N–H and O–H groups in total. The summed E-state index contributed by atoms with van der Waals surface area (Å²) in [6.07, 6.45) is 3.10. The maximum Gasteiger partial charge on any atom is 0.266 e. The Labute approximate surface area is 94.0 Å². The third-order valence-electron chi connectivity index (χ3n) is 2.48. The molecule has 1 aromatic heterocycles. The lowest BCUT2D eigenvalue weighted by Gasteiger charge is -2.23. The molecule has 2 heterocycles. The average Bonchev–Trinajstić information content (AvgIpc) is 2.29. The zero-order valence-corrected chi connectivity index (χ0v) is 9.39. The van der Waals surface area contributed by atoms with Crippen LogP contribution >= 0.6 is 0 Å². The minimum atomic E-state index is -0.191. The number of aromatic nitrogens is 2. The third-order valence-corrected chi connectivity index (χ3v) is 2.48. The molecule has 0 aromatic carbocycles. The predicted molar refractivity (Wildman–Crippen MR) is 58.2 cm³/mol. The minimum Gasteiger partial charge on any atom is -0.353 e. The van der Waals surface area contributed by atoms with Gasteiger partial charge in [0, 0.05) is 19.0 Å². The average molecular weight is 224 g/mol. The molecule has 1 fully saturated rings. The molecule has 0 aliphatic carbocycles. The van der Waals surface area contributed by atoms with Gasteiger partial charge < -0.3 is 9.47 Å². The summed E-state index contributed by atoms with van der Waals surface area (Å²) in [5, 5.41) is 4.06. The molecule has 0 saturated carbocycles. The minimum absolute atomic E-state index is 0.0733. The van der Waals surface area contributed by atoms with E-state index < -0.39 is 0 Å². The molecule has 0 unspecified atom stereocenters. The van der Waals surface area contributed by atoms with Gasteiger partial charge in [-0.3, -0.25) is 4.79 Å². The van der Waals surface area contributed by atoms with Gasteiger partial charge in [0.05, 0.1) is 19.4 Å². The summed E-state index contributed by atoms with van der Waals surface area (Å²) in [5.41, 5.74) is 0.808. The molecule has 5 nitrogen and oxygen atoms in total. The molecule has 16 heavy (non-hydrogen) atoms. The van der Waals surface area contributed by atoms with E-state index in [0.717, 1.165) is 25.2 Å². The van der Waals surface area contributed by atoms with Gasteiger partial charge in [-0.25, -0.2) is 4.68 Å². The predicted octanol–water partition coefficient (Wildman–Crippen LogP) is 0.705. The monoisotopic (exact) mass is 224 g/mol. The maximum atomic E-state index is 11.5. The van der Waals surface area contributed by atoms with Crippen LogP contribution in [-0.2, 0) is 16.0 Å². The van der Waals surface area contributed by atoms with Crippen molar-refractivity contribution in [2.24, 2.45) is 0 Å². The molecule has 88 valence electrons. The molecule has 1 aliphatic heterocycles. The lowest BCUT2D eigenvalue weighted by molar-refractivity contribution is -0.182. The van der Waals surface area contributed by atoms with Crippen molar-refractivity contribution in [2.75, 3.05) is 13.2 Å². The Morgan fingerprint density at radius 2 is 2.25 bits per heavy atom. The Bertz CT molecular complexity index is 396. The van der Waals surface area contributed by atoms with E-state index in [1.54, 1.807) is 12.3 Å². The normalized spacial score (nSPS) is 17.6. The molecule has 0 atom stereocenters. The number of aryl methyl sites for hydroxylation is 2. The highest BCUT2D eigenvalue weighted by molar-refractivity contribution is 5.02. The van der Waals surface area contributed by atoms with Crippen LogP contribution < -0.4 is 5.56 Å². The van der Waals surface area contributed by atoms with Gasteiger partial charge in [-0.05, 0) is 18.9 Å². The largest absolute Gasteiger partial charge is 0.353 e. The highest BCUT2D eigenvalue weighted by Gasteiger charge is 2.14. The summed E-state index contributed by atoms with van der Waals surface area (Å²) in [6.45, 7) is 3.86. The second-order valence-corrected chi connectivity index (χ2v) is 3.91. The first kappa shape index (κ1) is 11.3. The highest BCUT2D eigenvalue weighted by Crippen LogP contribution is 2.08. The molecular formula is C11H16N2O3. The molecular weight excluding hydrogens is 208 g/mol. The van der Waals surface area contributed by atoms with Gasteiger partial charge in [0.25, 0.3) is 5.56 Å². The van der Waals surface area contributed by atoms with Crippen molar-refractivity contribution < 1.29 is 9.47 Å². The summed E-state index contributed by atoms with van der Waals surface area (Å²) in [6, 6.07) is 1.58. The number of rotatable bonds is 3. The van der Waals surface area contributed by atoms with Crippen molar-refractivity contribution in [1.29, 1.82) is 0 Å². The summed E-state index contributed by atoms with van der Waals surface area (Å²) < 4.78 is 12.2. The van der Waals surface area contributed by atoms with Gasteiger partial charge in [-0.1, -0.05) is 0 Å². The molecule has 1 saturated heterocycles. The molecule has 5 heteroatoms. The molecule has 0 radical (unpaired) electrons. The lowest BCUT2D eigenvalue weighted by atomic mass is 10.3. The van der Waals surface area contributed by atoms with Crippen molar-refractivity contribution in [3.05, 3.63) is 28.2 Å². The molecule has 1 aromatic rings. The van der Waals surface area contributed by atoms with E-state index in [4.69, 9.17) is 9.47 Å². The Morgan fingerprint density at radius 1 is 1.50 bits per heavy atom. The zero-order valence-electron chi connectivity index (χ0n) is 9.39. The Kier molecular flexibility index (Phi) is 3.69. The van der Waals surface area contributed by atoms with E-state index in [0.29, 0.717) is 13.0 Å². The zero-order chi connectivity index (χ0) is 11.4. The van der Waals surface area contributed by atoms with Crippen molar-refractivity contribution >= 4 is 0 Å². The Hall–Kier alpha value is -1.20. The van der Waals surface area contributed by atoms with Gasteiger partial charge in [-0.15, -0.1) is 0 Å². The fourth-order valence-electron chi connectivity index (χ4n) is 1.62. The first-order chi connectivity index (χ1) is 7.75. The molecule has 2 rings (SSSR count). The van der Waals surface area contributed by atoms with Gasteiger partial charge in [0.1, 0.15) is 0 Å². The summed E-state index contributed by atoms with van der Waals surface area (Å²) in [4.78, 5) is 11.5. The van der Waals surface area contributed by atoms with Gasteiger partial charge in [0.2, 0.25) is 0 Å². The van der Waals surface area contributed by atoms with E-state index in [2.05, 4.69) is 5.10 Å². The number of hydrogen-bond acceptors (Lipinski definition) is 4. The van der Waals surface area contributed by atoms with Crippen LogP contribution in [0, 0.1) is 6.92 Å². The van der Waals surface area contributed by atoms with Crippen LogP contribution in [0.15, 0.2) is 17.1 Å². The summed E-state index contributed by atoms with van der Waals surface area (Å²) in [5.74, 6) is 0. The highest BCUT2D eigenvalue weighted by atomic mass is 16.7. The van der Waals surface area contributed by atoms with E-state index in [1.165, 1.54) is 4.68 Å². The first-order valence-corrected chi connectivity index (χ1v) is 5.53. The van der Waals surface area contributed by atoms with Crippen molar-refractivity contribution in [3.8, 4) is 0 Å². The Morgan fingerprint density at radius 3 is 2.94 bits per heavy atom. The van der Waals surface area contributed by atoms with Crippen molar-refractivity contribution in [2.45, 2.75) is 32.6 Å². The van der Waals surface area contributed by atoms with Crippen molar-refractivity contribution in [1.82, 2.24) is 9.78 Å². The number of nitrogens with zero attached hydrogens (tertiary/aromatic N) is 2. The third kappa shape index (κ3) is 2.90. The molecule has 0 amide bonds. The summed E-state index contributed by atoms with van der Waals surface area (Å²) in [7, 11) is 0. The van der Waals surface area contributed by atoms with Crippen molar-refractivity contribution in [3.63, 3.8) is 0 Å². The van der Waals surface area contributed by atoms with Gasteiger partial charge >= 0.3 is 0 Å². The van der Waals surface area contributed by atoms with Gasteiger partial charge in [-0.2, -0.15) is 5.10 Å². The van der Waals surface area contributed by atoms with E-state index >= 15 is 0 Å². The SMILES string of the molecule is Cc1cnn(CCC2OCCCO2)c(=O)c1. The second-order valence-electron chi connectivity index (χ2n) is 3.91. The molecule has 0 spiro atoms. The van der Waals surface area contributed by atoms with Gasteiger partial charge in [0.15, 0.2) is 6.29 Å². The fraction of sp³-hybridized carbons (Fsp3) is 0.636. The lowest BCUT2D eigenvalue weighted by Crippen LogP contribution is -2.29. The van der Waals surface area contributed by atoms with E-state index in [1.807, 2.05) is 6.92 Å².